The summed E-state index contributed by atoms with van der Waals surface area (Å²) in [5.41, 5.74) is 7.63. The zero-order valence-corrected chi connectivity index (χ0v) is 12.3. The second kappa shape index (κ2) is 5.23. The van der Waals surface area contributed by atoms with Gasteiger partial charge in [-0.25, -0.2) is 9.67 Å². The molecule has 0 amide bonds. The lowest BCUT2D eigenvalue weighted by molar-refractivity contribution is -0.385. The number of nitro groups is 1. The Morgan fingerprint density at radius 2 is 2.23 bits per heavy atom. The van der Waals surface area contributed by atoms with Crippen LogP contribution in [0, 0.1) is 17.0 Å². The molecule has 8 nitrogen and oxygen atoms in total. The normalized spacial score (nSPS) is 11.0. The van der Waals surface area contributed by atoms with E-state index in [-0.39, 0.29) is 16.8 Å². The fraction of sp³-hybridized carbons (Fsp3) is 0.154. The van der Waals surface area contributed by atoms with Crippen LogP contribution in [0.3, 0.4) is 0 Å². The Kier molecular flexibility index (Phi) is 3.38. The number of nitrogens with zero attached hydrogens (tertiary/aromatic N) is 5. The van der Waals surface area contributed by atoms with E-state index in [0.29, 0.717) is 23.1 Å². The van der Waals surface area contributed by atoms with E-state index in [1.807, 2.05) is 0 Å². The van der Waals surface area contributed by atoms with Crippen LogP contribution >= 0.6 is 11.6 Å². The Morgan fingerprint density at radius 1 is 1.45 bits per heavy atom. The number of nitrogen functional groups attached to an aromatic ring is 1. The van der Waals surface area contributed by atoms with Gasteiger partial charge < -0.3 is 5.73 Å². The number of nitro benzene ring substituents is 1. The lowest BCUT2D eigenvalue weighted by Crippen LogP contribution is -2.05. The number of nitrogens with two attached hydrogens (primary N) is 1. The number of anilines is 1. The van der Waals surface area contributed by atoms with E-state index in [4.69, 9.17) is 17.3 Å². The smallest absolute Gasteiger partial charge is 0.272 e. The summed E-state index contributed by atoms with van der Waals surface area (Å²) >= 11 is 6.05. The molecule has 0 aliphatic carbocycles. The monoisotopic (exact) mass is 318 g/mol. The minimum absolute atomic E-state index is 0.0821. The van der Waals surface area contributed by atoms with Gasteiger partial charge in [0, 0.05) is 17.8 Å². The molecule has 3 rings (SSSR count). The quantitative estimate of drug-likeness (QED) is 0.585. The molecule has 9 heteroatoms. The summed E-state index contributed by atoms with van der Waals surface area (Å²) in [6, 6.07) is 4.89. The molecule has 112 valence electrons. The molecule has 22 heavy (non-hydrogen) atoms. The van der Waals surface area contributed by atoms with Crippen LogP contribution in [0.2, 0.25) is 5.15 Å². The highest BCUT2D eigenvalue weighted by Crippen LogP contribution is 2.23. The Bertz CT molecular complexity index is 892. The van der Waals surface area contributed by atoms with E-state index in [9.17, 15) is 10.1 Å². The number of hydrogen-bond donors (Lipinski definition) is 1. The van der Waals surface area contributed by atoms with E-state index in [1.54, 1.807) is 23.7 Å². The van der Waals surface area contributed by atoms with Crippen LogP contribution in [-0.4, -0.2) is 24.7 Å². The summed E-state index contributed by atoms with van der Waals surface area (Å²) in [4.78, 5) is 18.5. The average molecular weight is 319 g/mol. The molecule has 0 bridgehead atoms. The van der Waals surface area contributed by atoms with Crippen LogP contribution in [-0.2, 0) is 6.54 Å². The van der Waals surface area contributed by atoms with Gasteiger partial charge in [-0.2, -0.15) is 10.1 Å². The van der Waals surface area contributed by atoms with E-state index in [0.717, 1.165) is 5.56 Å². The molecule has 0 fully saturated rings. The number of fused-ring (bicyclic) bond motifs is 1. The summed E-state index contributed by atoms with van der Waals surface area (Å²) in [6.45, 7) is 2.06. The summed E-state index contributed by atoms with van der Waals surface area (Å²) in [7, 11) is 0. The number of rotatable bonds is 3. The molecule has 0 aliphatic heterocycles. The van der Waals surface area contributed by atoms with Crippen LogP contribution in [0.1, 0.15) is 11.1 Å². The number of benzene rings is 1. The predicted molar refractivity (Wildman–Crippen MR) is 81.7 cm³/mol. The van der Waals surface area contributed by atoms with Crippen molar-refractivity contribution in [2.24, 2.45) is 0 Å². The van der Waals surface area contributed by atoms with Gasteiger partial charge in [-0.3, -0.25) is 10.1 Å². The average Bonchev–Trinajstić information content (AvgIpc) is 2.74. The van der Waals surface area contributed by atoms with Gasteiger partial charge in [-0.15, -0.1) is 0 Å². The molecule has 2 N–H and O–H groups in total. The third kappa shape index (κ3) is 2.44. The number of hydrogen-bond acceptors (Lipinski definition) is 6. The predicted octanol–water partition coefficient (Wildman–Crippen LogP) is 2.33. The van der Waals surface area contributed by atoms with Gasteiger partial charge in [-0.1, -0.05) is 17.7 Å². The Labute approximate surface area is 129 Å². The highest BCUT2D eigenvalue weighted by atomic mass is 35.5. The molecule has 0 saturated carbocycles. The third-order valence-electron chi connectivity index (χ3n) is 3.25. The third-order valence-corrected chi connectivity index (χ3v) is 3.53. The Balaban J connectivity index is 2.01. The lowest BCUT2D eigenvalue weighted by Gasteiger charge is -2.05. The first-order valence-electron chi connectivity index (χ1n) is 6.34. The molecule has 0 unspecified atom stereocenters. The molecule has 0 spiro atoms. The Morgan fingerprint density at radius 3 is 2.91 bits per heavy atom. The fourth-order valence-electron chi connectivity index (χ4n) is 2.24. The summed E-state index contributed by atoms with van der Waals surface area (Å²) in [6.07, 6.45) is 1.52. The maximum Gasteiger partial charge on any atom is 0.272 e. The van der Waals surface area contributed by atoms with Gasteiger partial charge in [0.05, 0.1) is 16.9 Å². The molecule has 0 saturated heterocycles. The molecule has 0 radical (unpaired) electrons. The molecule has 3 aromatic rings. The number of aromatic nitrogens is 4. The number of aryl methyl sites for hydroxylation is 1. The maximum absolute atomic E-state index is 10.8. The topological polar surface area (TPSA) is 113 Å². The van der Waals surface area contributed by atoms with E-state index in [2.05, 4.69) is 15.1 Å². The summed E-state index contributed by atoms with van der Waals surface area (Å²) in [5, 5.41) is 15.9. The maximum atomic E-state index is 10.8. The molecular formula is C13H11ClN6O2. The zero-order valence-electron chi connectivity index (χ0n) is 11.5. The van der Waals surface area contributed by atoms with Crippen molar-refractivity contribution in [1.29, 1.82) is 0 Å². The minimum Gasteiger partial charge on any atom is -0.368 e. The van der Waals surface area contributed by atoms with Gasteiger partial charge in [0.15, 0.2) is 10.8 Å². The van der Waals surface area contributed by atoms with Gasteiger partial charge in [0.1, 0.15) is 0 Å². The van der Waals surface area contributed by atoms with E-state index < -0.39 is 4.92 Å². The van der Waals surface area contributed by atoms with Crippen molar-refractivity contribution >= 4 is 34.3 Å². The minimum atomic E-state index is -0.410. The SMILES string of the molecule is Cc1cc(Cn2nc(Cl)c3cnc(N)nc32)ccc1[N+](=O)[O-]. The summed E-state index contributed by atoms with van der Waals surface area (Å²) < 4.78 is 1.59. The lowest BCUT2D eigenvalue weighted by atomic mass is 10.1. The van der Waals surface area contributed by atoms with Crippen LogP contribution in [0.4, 0.5) is 11.6 Å². The highest BCUT2D eigenvalue weighted by Gasteiger charge is 2.14. The van der Waals surface area contributed by atoms with E-state index >= 15 is 0 Å². The van der Waals surface area contributed by atoms with Gasteiger partial charge in [0.2, 0.25) is 5.95 Å². The van der Waals surface area contributed by atoms with E-state index in [1.165, 1.54) is 12.3 Å². The standard InChI is InChI=1S/C13H11ClN6O2/c1-7-4-8(2-3-10(7)20(21)22)6-19-12-9(11(14)18-19)5-16-13(15)17-12/h2-5H,6H2,1H3,(H2,15,16,17). The van der Waals surface area contributed by atoms with Crippen molar-refractivity contribution in [3.63, 3.8) is 0 Å². The van der Waals surface area contributed by atoms with Crippen molar-refractivity contribution in [3.05, 3.63) is 50.8 Å². The molecule has 0 aliphatic rings. The van der Waals surface area contributed by atoms with Gasteiger partial charge in [0.25, 0.3) is 5.69 Å². The van der Waals surface area contributed by atoms with Gasteiger partial charge >= 0.3 is 0 Å². The van der Waals surface area contributed by atoms with Crippen molar-refractivity contribution in [3.8, 4) is 0 Å². The second-order valence-electron chi connectivity index (χ2n) is 4.79. The molecule has 2 heterocycles. The van der Waals surface area contributed by atoms with Crippen molar-refractivity contribution < 1.29 is 4.92 Å². The van der Waals surface area contributed by atoms with Crippen LogP contribution in [0.25, 0.3) is 11.0 Å². The molecule has 2 aromatic heterocycles. The first-order valence-corrected chi connectivity index (χ1v) is 6.72. The van der Waals surface area contributed by atoms with Gasteiger partial charge in [-0.05, 0) is 18.6 Å². The molecule has 1 aromatic carbocycles. The summed E-state index contributed by atoms with van der Waals surface area (Å²) in [5.74, 6) is 0.130. The van der Waals surface area contributed by atoms with Crippen LogP contribution in [0.15, 0.2) is 24.4 Å². The highest BCUT2D eigenvalue weighted by molar-refractivity contribution is 6.34. The van der Waals surface area contributed by atoms with Crippen molar-refractivity contribution in [1.82, 2.24) is 19.7 Å². The Hall–Kier alpha value is -2.74. The zero-order chi connectivity index (χ0) is 15.9. The van der Waals surface area contributed by atoms with Crippen molar-refractivity contribution in [2.45, 2.75) is 13.5 Å². The van der Waals surface area contributed by atoms with Crippen molar-refractivity contribution in [2.75, 3.05) is 5.73 Å². The largest absolute Gasteiger partial charge is 0.368 e. The second-order valence-corrected chi connectivity index (χ2v) is 5.15. The van der Waals surface area contributed by atoms with Crippen LogP contribution in [0.5, 0.6) is 0 Å². The number of halogens is 1. The molecular weight excluding hydrogens is 308 g/mol. The molecule has 0 atom stereocenters. The first kappa shape index (κ1) is 14.2. The fourth-order valence-corrected chi connectivity index (χ4v) is 2.46. The first-order chi connectivity index (χ1) is 10.5. The van der Waals surface area contributed by atoms with Crippen LogP contribution < -0.4 is 5.73 Å².